The quantitative estimate of drug-likeness (QED) is 0.599. The number of hydrogen-bond donors (Lipinski definition) is 2. The summed E-state index contributed by atoms with van der Waals surface area (Å²) in [6.07, 6.45) is 0. The van der Waals surface area contributed by atoms with E-state index in [0.29, 0.717) is 4.88 Å². The van der Waals surface area contributed by atoms with Gasteiger partial charge in [0.15, 0.2) is 6.61 Å². The number of rotatable bonds is 6. The summed E-state index contributed by atoms with van der Waals surface area (Å²) in [6, 6.07) is 8.45. The fraction of sp³-hybridized carbons (Fsp3) is 0.133. The third-order valence-electron chi connectivity index (χ3n) is 2.72. The van der Waals surface area contributed by atoms with Gasteiger partial charge in [0.25, 0.3) is 11.8 Å². The molecule has 0 aliphatic heterocycles. The molecule has 2 N–H and O–H groups in total. The summed E-state index contributed by atoms with van der Waals surface area (Å²) in [7, 11) is 0. The number of ether oxygens (including phenoxy) is 2. The highest BCUT2D eigenvalue weighted by molar-refractivity contribution is 7.12. The summed E-state index contributed by atoms with van der Waals surface area (Å²) >= 11 is 1.18. The third kappa shape index (κ3) is 5.53. The second kappa shape index (κ2) is 8.73. The Morgan fingerprint density at radius 1 is 1.08 bits per heavy atom. The first kappa shape index (κ1) is 18.3. The van der Waals surface area contributed by atoms with E-state index in [1.54, 1.807) is 17.5 Å². The summed E-state index contributed by atoms with van der Waals surface area (Å²) < 4.78 is 33.5. The Kier molecular flexibility index (Phi) is 6.40. The van der Waals surface area contributed by atoms with Crippen molar-refractivity contribution in [1.29, 1.82) is 0 Å². The molecule has 0 spiro atoms. The minimum absolute atomic E-state index is 0.252. The fourth-order valence-corrected chi connectivity index (χ4v) is 2.29. The number of thiophene rings is 1. The predicted octanol–water partition coefficient (Wildman–Crippen LogP) is 1.97. The van der Waals surface area contributed by atoms with Crippen LogP contribution in [-0.2, 0) is 9.53 Å². The van der Waals surface area contributed by atoms with Gasteiger partial charge in [-0.05, 0) is 23.6 Å². The number of benzene rings is 1. The highest BCUT2D eigenvalue weighted by Crippen LogP contribution is 2.21. The van der Waals surface area contributed by atoms with E-state index in [-0.39, 0.29) is 11.3 Å². The summed E-state index contributed by atoms with van der Waals surface area (Å²) in [4.78, 5) is 35.4. The number of esters is 1. The lowest BCUT2D eigenvalue weighted by Crippen LogP contribution is -2.43. The van der Waals surface area contributed by atoms with E-state index >= 15 is 0 Å². The smallest absolute Gasteiger partial charge is 0.387 e. The van der Waals surface area contributed by atoms with Crippen LogP contribution in [0.5, 0.6) is 5.75 Å². The zero-order valence-electron chi connectivity index (χ0n) is 12.5. The molecule has 0 unspecified atom stereocenters. The summed E-state index contributed by atoms with van der Waals surface area (Å²) in [6.45, 7) is -3.82. The maximum Gasteiger partial charge on any atom is 0.387 e. The van der Waals surface area contributed by atoms with Crippen LogP contribution in [0.15, 0.2) is 41.8 Å². The van der Waals surface area contributed by atoms with Gasteiger partial charge < -0.3 is 9.47 Å². The molecule has 0 aliphatic carbocycles. The van der Waals surface area contributed by atoms with Gasteiger partial charge in [-0.15, -0.1) is 11.3 Å². The second-order valence-corrected chi connectivity index (χ2v) is 5.38. The van der Waals surface area contributed by atoms with E-state index in [2.05, 4.69) is 15.6 Å². The van der Waals surface area contributed by atoms with Crippen molar-refractivity contribution in [3.8, 4) is 5.75 Å². The first-order valence-electron chi connectivity index (χ1n) is 6.81. The molecule has 0 aliphatic rings. The second-order valence-electron chi connectivity index (χ2n) is 4.43. The molecule has 0 atom stereocenters. The predicted molar refractivity (Wildman–Crippen MR) is 83.3 cm³/mol. The van der Waals surface area contributed by atoms with Crippen molar-refractivity contribution in [2.24, 2.45) is 0 Å². The number of alkyl halides is 2. The maximum absolute atomic E-state index is 12.3. The lowest BCUT2D eigenvalue weighted by atomic mass is 10.2. The van der Waals surface area contributed by atoms with Gasteiger partial charge in [0.2, 0.25) is 0 Å². The summed E-state index contributed by atoms with van der Waals surface area (Å²) in [5.41, 5.74) is 3.96. The van der Waals surface area contributed by atoms with Crippen LogP contribution in [-0.4, -0.2) is 31.0 Å². The van der Waals surface area contributed by atoms with Gasteiger partial charge in [0.1, 0.15) is 11.3 Å². The standard InChI is InChI=1S/C15H12F2N2O5S/c16-15(17)24-10-5-2-1-4-9(10)14(22)23-8-12(20)18-19-13(21)11-6-3-7-25-11/h1-7,15H,8H2,(H,18,20)(H,19,21). The largest absolute Gasteiger partial charge is 0.452 e. The third-order valence-corrected chi connectivity index (χ3v) is 3.59. The number of para-hydroxylation sites is 1. The van der Waals surface area contributed by atoms with Crippen molar-refractivity contribution in [3.05, 3.63) is 52.2 Å². The Labute approximate surface area is 144 Å². The molecule has 7 nitrogen and oxygen atoms in total. The zero-order chi connectivity index (χ0) is 18.2. The van der Waals surface area contributed by atoms with Crippen molar-refractivity contribution in [2.45, 2.75) is 6.61 Å². The average Bonchev–Trinajstić information content (AvgIpc) is 3.12. The number of carbonyl (C=O) groups excluding carboxylic acids is 3. The van der Waals surface area contributed by atoms with Gasteiger partial charge in [-0.3, -0.25) is 20.4 Å². The van der Waals surface area contributed by atoms with Crippen molar-refractivity contribution in [1.82, 2.24) is 10.9 Å². The van der Waals surface area contributed by atoms with Crippen LogP contribution < -0.4 is 15.6 Å². The Morgan fingerprint density at radius 3 is 2.52 bits per heavy atom. The number of carbonyl (C=O) groups is 3. The topological polar surface area (TPSA) is 93.7 Å². The van der Waals surface area contributed by atoms with Gasteiger partial charge in [0, 0.05) is 0 Å². The Bertz CT molecular complexity index is 752. The van der Waals surface area contributed by atoms with Gasteiger partial charge >= 0.3 is 12.6 Å². The molecule has 132 valence electrons. The van der Waals surface area contributed by atoms with Gasteiger partial charge in [-0.25, -0.2) is 4.79 Å². The Balaban J connectivity index is 1.83. The van der Waals surface area contributed by atoms with Crippen LogP contribution in [0.2, 0.25) is 0 Å². The maximum atomic E-state index is 12.3. The number of hydrazine groups is 1. The molecule has 0 saturated heterocycles. The van der Waals surface area contributed by atoms with E-state index in [1.807, 2.05) is 0 Å². The minimum Gasteiger partial charge on any atom is -0.452 e. The molecule has 10 heteroatoms. The average molecular weight is 370 g/mol. The van der Waals surface area contributed by atoms with Crippen LogP contribution >= 0.6 is 11.3 Å². The molecule has 1 heterocycles. The van der Waals surface area contributed by atoms with Crippen molar-refractivity contribution < 1.29 is 32.6 Å². The van der Waals surface area contributed by atoms with Gasteiger partial charge in [-0.1, -0.05) is 18.2 Å². The van der Waals surface area contributed by atoms with Crippen molar-refractivity contribution >= 4 is 29.1 Å². The van der Waals surface area contributed by atoms with Gasteiger partial charge in [0.05, 0.1) is 4.88 Å². The molecule has 0 fully saturated rings. The van der Waals surface area contributed by atoms with Crippen LogP contribution in [0.4, 0.5) is 8.78 Å². The molecule has 2 aromatic rings. The van der Waals surface area contributed by atoms with Gasteiger partial charge in [-0.2, -0.15) is 8.78 Å². The first-order valence-corrected chi connectivity index (χ1v) is 7.69. The van der Waals surface area contributed by atoms with Crippen molar-refractivity contribution in [2.75, 3.05) is 6.61 Å². The molecule has 0 radical (unpaired) electrons. The molecular formula is C15H12F2N2O5S. The van der Waals surface area contributed by atoms with Crippen LogP contribution in [0.1, 0.15) is 20.0 Å². The highest BCUT2D eigenvalue weighted by atomic mass is 32.1. The molecular weight excluding hydrogens is 358 g/mol. The van der Waals surface area contributed by atoms with Crippen LogP contribution in [0.3, 0.4) is 0 Å². The monoisotopic (exact) mass is 370 g/mol. The van der Waals surface area contributed by atoms with E-state index in [9.17, 15) is 23.2 Å². The van der Waals surface area contributed by atoms with Crippen LogP contribution in [0.25, 0.3) is 0 Å². The Morgan fingerprint density at radius 2 is 1.84 bits per heavy atom. The number of amides is 2. The highest BCUT2D eigenvalue weighted by Gasteiger charge is 2.18. The van der Waals surface area contributed by atoms with E-state index in [1.165, 1.54) is 35.6 Å². The van der Waals surface area contributed by atoms with Crippen LogP contribution in [0, 0.1) is 0 Å². The lowest BCUT2D eigenvalue weighted by molar-refractivity contribution is -0.125. The minimum atomic E-state index is -3.11. The number of hydrogen-bond acceptors (Lipinski definition) is 6. The molecule has 25 heavy (non-hydrogen) atoms. The van der Waals surface area contributed by atoms with E-state index in [4.69, 9.17) is 4.74 Å². The zero-order valence-corrected chi connectivity index (χ0v) is 13.3. The fourth-order valence-electron chi connectivity index (χ4n) is 1.67. The SMILES string of the molecule is O=C(COC(=O)c1ccccc1OC(F)F)NNC(=O)c1cccs1. The first-order chi connectivity index (χ1) is 12.0. The molecule has 0 bridgehead atoms. The number of halogens is 2. The molecule has 1 aromatic carbocycles. The van der Waals surface area contributed by atoms with E-state index in [0.717, 1.165) is 0 Å². The Hall–Kier alpha value is -3.01. The lowest BCUT2D eigenvalue weighted by Gasteiger charge is -2.10. The van der Waals surface area contributed by atoms with Crippen molar-refractivity contribution in [3.63, 3.8) is 0 Å². The normalized spacial score (nSPS) is 10.2. The number of nitrogens with one attached hydrogen (secondary N) is 2. The summed E-state index contributed by atoms with van der Waals surface area (Å²) in [5.74, 6) is -2.71. The molecule has 2 rings (SSSR count). The summed E-state index contributed by atoms with van der Waals surface area (Å²) in [5, 5.41) is 1.69. The van der Waals surface area contributed by atoms with E-state index < -0.39 is 31.0 Å². The molecule has 2 amide bonds. The molecule has 1 aromatic heterocycles. The molecule has 0 saturated carbocycles.